The Morgan fingerprint density at radius 1 is 1.17 bits per heavy atom. The number of ether oxygens (including phenoxy) is 1. The number of aromatic nitrogens is 3. The van der Waals surface area contributed by atoms with Gasteiger partial charge >= 0.3 is 5.97 Å². The highest BCUT2D eigenvalue weighted by Gasteiger charge is 2.13. The highest BCUT2D eigenvalue weighted by atomic mass is 16.5. The quantitative estimate of drug-likeness (QED) is 0.781. The molecular weight excluding hydrogens is 306 g/mol. The van der Waals surface area contributed by atoms with Crippen LogP contribution in [0.25, 0.3) is 16.8 Å². The van der Waals surface area contributed by atoms with Gasteiger partial charge < -0.3 is 9.84 Å². The van der Waals surface area contributed by atoms with Crippen LogP contribution in [0, 0.1) is 6.92 Å². The third kappa shape index (κ3) is 3.18. The first-order valence-corrected chi connectivity index (χ1v) is 7.42. The van der Waals surface area contributed by atoms with E-state index in [4.69, 9.17) is 4.74 Å². The largest absolute Gasteiger partial charge is 0.478 e. The number of aryl methyl sites for hydroxylation is 1. The summed E-state index contributed by atoms with van der Waals surface area (Å²) in [5, 5.41) is 13.6. The summed E-state index contributed by atoms with van der Waals surface area (Å²) < 4.78 is 6.71. The molecule has 1 N–H and O–H groups in total. The molecule has 3 rings (SSSR count). The first kappa shape index (κ1) is 15.9. The molecule has 0 saturated carbocycles. The van der Waals surface area contributed by atoms with Gasteiger partial charge in [-0.3, -0.25) is 0 Å². The van der Waals surface area contributed by atoms with Gasteiger partial charge in [0, 0.05) is 7.11 Å². The van der Waals surface area contributed by atoms with Crippen LogP contribution in [-0.2, 0) is 11.3 Å². The molecule has 1 aromatic heterocycles. The second kappa shape index (κ2) is 6.64. The number of carboxylic acid groups (broad SMARTS) is 1. The van der Waals surface area contributed by atoms with E-state index in [1.165, 1.54) is 6.33 Å². The van der Waals surface area contributed by atoms with Crippen molar-refractivity contribution in [3.8, 4) is 16.8 Å². The molecule has 0 aliphatic rings. The van der Waals surface area contributed by atoms with Crippen LogP contribution in [0.4, 0.5) is 0 Å². The van der Waals surface area contributed by atoms with E-state index in [0.717, 1.165) is 16.7 Å². The summed E-state index contributed by atoms with van der Waals surface area (Å²) in [7, 11) is 1.57. The molecule has 2 aromatic carbocycles. The van der Waals surface area contributed by atoms with E-state index in [2.05, 4.69) is 10.1 Å². The van der Waals surface area contributed by atoms with Crippen LogP contribution in [-0.4, -0.2) is 33.0 Å². The normalized spacial score (nSPS) is 10.8. The fourth-order valence-corrected chi connectivity index (χ4v) is 2.48. The van der Waals surface area contributed by atoms with E-state index in [1.807, 2.05) is 37.3 Å². The van der Waals surface area contributed by atoms with Gasteiger partial charge in [0.1, 0.15) is 12.9 Å². The highest BCUT2D eigenvalue weighted by molar-refractivity contribution is 5.90. The van der Waals surface area contributed by atoms with Crippen LogP contribution in [0.2, 0.25) is 0 Å². The molecule has 0 spiro atoms. The van der Waals surface area contributed by atoms with Gasteiger partial charge in [-0.1, -0.05) is 29.8 Å². The van der Waals surface area contributed by atoms with E-state index < -0.39 is 5.97 Å². The number of carbonyl (C=O) groups is 1. The molecular formula is C18H17N3O3. The first-order valence-electron chi connectivity index (χ1n) is 7.42. The summed E-state index contributed by atoms with van der Waals surface area (Å²) in [6.45, 7) is 2.30. The van der Waals surface area contributed by atoms with Gasteiger partial charge in [-0.2, -0.15) is 5.10 Å². The maximum absolute atomic E-state index is 11.5. The van der Waals surface area contributed by atoms with Gasteiger partial charge in [0.05, 0.1) is 11.3 Å². The number of benzene rings is 2. The van der Waals surface area contributed by atoms with Crippen molar-refractivity contribution in [2.45, 2.75) is 13.5 Å². The van der Waals surface area contributed by atoms with Gasteiger partial charge in [-0.15, -0.1) is 0 Å². The van der Waals surface area contributed by atoms with E-state index in [1.54, 1.807) is 23.9 Å². The number of aromatic carboxylic acids is 1. The van der Waals surface area contributed by atoms with Crippen LogP contribution in [0.3, 0.4) is 0 Å². The fraction of sp³-hybridized carbons (Fsp3) is 0.167. The zero-order valence-electron chi connectivity index (χ0n) is 13.4. The van der Waals surface area contributed by atoms with Crippen LogP contribution in [0.1, 0.15) is 21.7 Å². The lowest BCUT2D eigenvalue weighted by Gasteiger charge is -2.10. The van der Waals surface area contributed by atoms with Crippen LogP contribution < -0.4 is 0 Å². The minimum Gasteiger partial charge on any atom is -0.478 e. The predicted molar refractivity (Wildman–Crippen MR) is 89.2 cm³/mol. The topological polar surface area (TPSA) is 77.2 Å². The smallest absolute Gasteiger partial charge is 0.335 e. The lowest BCUT2D eigenvalue weighted by molar-refractivity contribution is 0.0697. The molecule has 24 heavy (non-hydrogen) atoms. The maximum Gasteiger partial charge on any atom is 0.335 e. The van der Waals surface area contributed by atoms with Gasteiger partial charge in [0.2, 0.25) is 0 Å². The van der Waals surface area contributed by atoms with Gasteiger partial charge in [0.15, 0.2) is 5.82 Å². The second-order valence-corrected chi connectivity index (χ2v) is 5.46. The van der Waals surface area contributed by atoms with Crippen molar-refractivity contribution < 1.29 is 14.6 Å². The third-order valence-corrected chi connectivity index (χ3v) is 3.69. The zero-order chi connectivity index (χ0) is 17.1. The molecule has 6 heteroatoms. The molecule has 1 heterocycles. The Balaban J connectivity index is 2.14. The summed E-state index contributed by atoms with van der Waals surface area (Å²) in [6.07, 6.45) is 1.42. The van der Waals surface area contributed by atoms with Crippen molar-refractivity contribution in [1.29, 1.82) is 0 Å². The van der Waals surface area contributed by atoms with Crippen molar-refractivity contribution in [2.24, 2.45) is 0 Å². The van der Waals surface area contributed by atoms with Gasteiger partial charge in [-0.25, -0.2) is 14.5 Å². The maximum atomic E-state index is 11.5. The van der Waals surface area contributed by atoms with E-state index in [0.29, 0.717) is 11.5 Å². The van der Waals surface area contributed by atoms with E-state index in [-0.39, 0.29) is 12.2 Å². The number of methoxy groups -OCH3 is 1. The van der Waals surface area contributed by atoms with Crippen LogP contribution in [0.5, 0.6) is 0 Å². The highest BCUT2D eigenvalue weighted by Crippen LogP contribution is 2.25. The number of rotatable bonds is 5. The fourth-order valence-electron chi connectivity index (χ4n) is 2.48. The second-order valence-electron chi connectivity index (χ2n) is 5.46. The number of hydrogen-bond donors (Lipinski definition) is 1. The molecule has 0 aliphatic heterocycles. The predicted octanol–water partition coefficient (Wildman–Crippen LogP) is 3.09. The zero-order valence-corrected chi connectivity index (χ0v) is 13.4. The lowest BCUT2D eigenvalue weighted by atomic mass is 10.0. The minimum absolute atomic E-state index is 0.196. The standard InChI is InChI=1S/C18H17N3O3/c1-12-3-5-13(6-4-12)14-7-15(18(22)23)9-16(8-14)21-17(10-24-2)19-11-20-21/h3-9,11H,10H2,1-2H3,(H,22,23). The summed E-state index contributed by atoms with van der Waals surface area (Å²) >= 11 is 0. The molecule has 0 saturated heterocycles. The number of hydrogen-bond acceptors (Lipinski definition) is 4. The average Bonchev–Trinajstić information content (AvgIpc) is 3.04. The Hall–Kier alpha value is -2.99. The van der Waals surface area contributed by atoms with E-state index in [9.17, 15) is 9.90 Å². The van der Waals surface area contributed by atoms with Crippen molar-refractivity contribution >= 4 is 5.97 Å². The summed E-state index contributed by atoms with van der Waals surface area (Å²) in [5.41, 5.74) is 3.73. The van der Waals surface area contributed by atoms with Gasteiger partial charge in [-0.05, 0) is 36.2 Å². The molecule has 122 valence electrons. The lowest BCUT2D eigenvalue weighted by Crippen LogP contribution is -2.06. The number of carboxylic acids is 1. The van der Waals surface area contributed by atoms with Gasteiger partial charge in [0.25, 0.3) is 0 Å². The Morgan fingerprint density at radius 2 is 1.92 bits per heavy atom. The number of nitrogens with zero attached hydrogens (tertiary/aromatic N) is 3. The monoisotopic (exact) mass is 323 g/mol. The SMILES string of the molecule is COCc1ncnn1-c1cc(C(=O)O)cc(-c2ccc(C)cc2)c1. The summed E-state index contributed by atoms with van der Waals surface area (Å²) in [4.78, 5) is 15.7. The molecule has 0 unspecified atom stereocenters. The molecule has 3 aromatic rings. The Morgan fingerprint density at radius 3 is 2.58 bits per heavy atom. The van der Waals surface area contributed by atoms with Crippen LogP contribution in [0.15, 0.2) is 48.8 Å². The average molecular weight is 323 g/mol. The third-order valence-electron chi connectivity index (χ3n) is 3.69. The Labute approximate surface area is 139 Å². The van der Waals surface area contributed by atoms with Crippen molar-refractivity contribution in [2.75, 3.05) is 7.11 Å². The molecule has 0 aliphatic carbocycles. The summed E-state index contributed by atoms with van der Waals surface area (Å²) in [5.74, 6) is -0.381. The Kier molecular flexibility index (Phi) is 4.39. The molecule has 0 fully saturated rings. The summed E-state index contributed by atoms with van der Waals surface area (Å²) in [6, 6.07) is 13.1. The van der Waals surface area contributed by atoms with Crippen molar-refractivity contribution in [1.82, 2.24) is 14.8 Å². The minimum atomic E-state index is -0.987. The molecule has 0 radical (unpaired) electrons. The first-order chi connectivity index (χ1) is 11.6. The molecule has 0 atom stereocenters. The van der Waals surface area contributed by atoms with Crippen molar-refractivity contribution in [3.05, 3.63) is 65.7 Å². The van der Waals surface area contributed by atoms with E-state index >= 15 is 0 Å². The molecule has 0 bridgehead atoms. The van der Waals surface area contributed by atoms with Crippen molar-refractivity contribution in [3.63, 3.8) is 0 Å². The molecule has 6 nitrogen and oxygen atoms in total. The van der Waals surface area contributed by atoms with Crippen LogP contribution >= 0.6 is 0 Å². The Bertz CT molecular complexity index is 869. The molecule has 0 amide bonds.